The lowest BCUT2D eigenvalue weighted by Crippen LogP contribution is -2.29. The highest BCUT2D eigenvalue weighted by molar-refractivity contribution is 6.31. The molecule has 2 aliphatic rings. The summed E-state index contributed by atoms with van der Waals surface area (Å²) < 4.78 is 0. The third kappa shape index (κ3) is 3.27. The maximum Gasteiger partial charge on any atom is 0.0616 e. The maximum absolute atomic E-state index is 6.90. The Morgan fingerprint density at radius 2 is 1.67 bits per heavy atom. The minimum Gasteiger partial charge on any atom is -0.118 e. The Labute approximate surface area is 139 Å². The summed E-state index contributed by atoms with van der Waals surface area (Å²) in [7, 11) is 0. The molecular formula is C19H26Cl2. The first-order valence-electron chi connectivity index (χ1n) is 8.47. The van der Waals surface area contributed by atoms with E-state index in [-0.39, 0.29) is 5.38 Å². The molecule has 4 unspecified atom stereocenters. The van der Waals surface area contributed by atoms with Gasteiger partial charge in [0, 0.05) is 5.02 Å². The molecule has 21 heavy (non-hydrogen) atoms. The predicted octanol–water partition coefficient (Wildman–Crippen LogP) is 6.84. The van der Waals surface area contributed by atoms with Crippen molar-refractivity contribution in [1.29, 1.82) is 0 Å². The molecule has 0 N–H and O–H groups in total. The molecule has 0 saturated heterocycles. The van der Waals surface area contributed by atoms with Crippen LogP contribution in [0.15, 0.2) is 12.1 Å². The van der Waals surface area contributed by atoms with Gasteiger partial charge in [-0.25, -0.2) is 0 Å². The third-order valence-electron chi connectivity index (χ3n) is 5.84. The Balaban J connectivity index is 1.76. The van der Waals surface area contributed by atoms with Crippen LogP contribution >= 0.6 is 23.2 Å². The first-order valence-corrected chi connectivity index (χ1v) is 9.28. The summed E-state index contributed by atoms with van der Waals surface area (Å²) in [6.07, 6.45) is 9.80. The van der Waals surface area contributed by atoms with Gasteiger partial charge in [-0.2, -0.15) is 0 Å². The summed E-state index contributed by atoms with van der Waals surface area (Å²) in [6.45, 7) is 4.22. The number of fused-ring (bicyclic) bond motifs is 1. The summed E-state index contributed by atoms with van der Waals surface area (Å²) in [5, 5.41) is 1.01. The third-order valence-corrected chi connectivity index (χ3v) is 6.84. The molecular weight excluding hydrogens is 299 g/mol. The fraction of sp³-hybridized carbons (Fsp3) is 0.684. The molecule has 0 heterocycles. The van der Waals surface area contributed by atoms with Crippen molar-refractivity contribution in [1.82, 2.24) is 0 Å². The zero-order chi connectivity index (χ0) is 15.0. The van der Waals surface area contributed by atoms with Gasteiger partial charge in [-0.05, 0) is 73.6 Å². The summed E-state index contributed by atoms with van der Waals surface area (Å²) in [4.78, 5) is 0. The van der Waals surface area contributed by atoms with Gasteiger partial charge in [0.15, 0.2) is 0 Å². The molecule has 0 radical (unpaired) electrons. The lowest BCUT2D eigenvalue weighted by atomic mass is 9.66. The van der Waals surface area contributed by atoms with Crippen molar-refractivity contribution in [2.45, 2.75) is 64.2 Å². The fourth-order valence-corrected chi connectivity index (χ4v) is 5.21. The molecule has 1 aromatic carbocycles. The topological polar surface area (TPSA) is 0 Å². The van der Waals surface area contributed by atoms with Crippen molar-refractivity contribution in [2.75, 3.05) is 0 Å². The van der Waals surface area contributed by atoms with Crippen LogP contribution in [0, 0.1) is 31.6 Å². The Morgan fingerprint density at radius 1 is 0.952 bits per heavy atom. The van der Waals surface area contributed by atoms with E-state index in [0.29, 0.717) is 5.92 Å². The molecule has 0 spiro atoms. The van der Waals surface area contributed by atoms with Crippen LogP contribution < -0.4 is 0 Å². The normalized spacial score (nSPS) is 30.8. The van der Waals surface area contributed by atoms with E-state index in [1.54, 1.807) is 0 Å². The van der Waals surface area contributed by atoms with Gasteiger partial charge in [0.25, 0.3) is 0 Å². The van der Waals surface area contributed by atoms with Gasteiger partial charge in [-0.3, -0.25) is 0 Å². The van der Waals surface area contributed by atoms with E-state index in [4.69, 9.17) is 23.2 Å². The minimum atomic E-state index is 0.156. The van der Waals surface area contributed by atoms with Crippen LogP contribution in [0.3, 0.4) is 0 Å². The molecule has 3 rings (SSSR count). The standard InChI is InChI=1S/C19H26Cl2/c1-12-10-18(20)13(2)9-17(12)19(21)16-8-7-14-5-3-4-6-15(14)11-16/h9-10,14-16,19H,3-8,11H2,1-2H3. The number of alkyl halides is 1. The average molecular weight is 325 g/mol. The van der Waals surface area contributed by atoms with Crippen LogP contribution in [0.25, 0.3) is 0 Å². The molecule has 2 aliphatic carbocycles. The van der Waals surface area contributed by atoms with E-state index in [1.807, 2.05) is 0 Å². The lowest BCUT2D eigenvalue weighted by molar-refractivity contribution is 0.127. The number of rotatable bonds is 2. The summed E-state index contributed by atoms with van der Waals surface area (Å²) >= 11 is 13.1. The van der Waals surface area contributed by atoms with Crippen LogP contribution in [-0.2, 0) is 0 Å². The highest BCUT2D eigenvalue weighted by Crippen LogP contribution is 2.48. The highest BCUT2D eigenvalue weighted by atomic mass is 35.5. The van der Waals surface area contributed by atoms with Gasteiger partial charge in [0.05, 0.1) is 5.38 Å². The second-order valence-corrected chi connectivity index (χ2v) is 8.11. The molecule has 2 saturated carbocycles. The number of halogens is 2. The maximum atomic E-state index is 6.90. The van der Waals surface area contributed by atoms with Crippen LogP contribution in [0.1, 0.15) is 67.0 Å². The second-order valence-electron chi connectivity index (χ2n) is 7.24. The van der Waals surface area contributed by atoms with Crippen molar-refractivity contribution < 1.29 is 0 Å². The molecule has 4 atom stereocenters. The van der Waals surface area contributed by atoms with Crippen molar-refractivity contribution in [3.05, 3.63) is 33.8 Å². The Morgan fingerprint density at radius 3 is 2.43 bits per heavy atom. The average Bonchev–Trinajstić information content (AvgIpc) is 2.50. The predicted molar refractivity (Wildman–Crippen MR) is 92.3 cm³/mol. The number of benzene rings is 1. The van der Waals surface area contributed by atoms with E-state index in [2.05, 4.69) is 26.0 Å². The van der Waals surface area contributed by atoms with Gasteiger partial charge < -0.3 is 0 Å². The summed E-state index contributed by atoms with van der Waals surface area (Å²) in [6, 6.07) is 4.29. The van der Waals surface area contributed by atoms with E-state index >= 15 is 0 Å². The van der Waals surface area contributed by atoms with Crippen LogP contribution in [0.4, 0.5) is 0 Å². The summed E-state index contributed by atoms with van der Waals surface area (Å²) in [5.41, 5.74) is 3.70. The largest absolute Gasteiger partial charge is 0.118 e. The Kier molecular flexibility index (Phi) is 4.86. The van der Waals surface area contributed by atoms with Crippen LogP contribution in [-0.4, -0.2) is 0 Å². The van der Waals surface area contributed by atoms with Crippen molar-refractivity contribution in [3.63, 3.8) is 0 Å². The minimum absolute atomic E-state index is 0.156. The molecule has 0 bridgehead atoms. The van der Waals surface area contributed by atoms with Crippen molar-refractivity contribution in [2.24, 2.45) is 17.8 Å². The van der Waals surface area contributed by atoms with Gasteiger partial charge in [-0.15, -0.1) is 11.6 Å². The van der Waals surface area contributed by atoms with Gasteiger partial charge in [-0.1, -0.05) is 43.4 Å². The molecule has 0 amide bonds. The van der Waals surface area contributed by atoms with E-state index in [0.717, 1.165) is 22.4 Å². The van der Waals surface area contributed by atoms with Crippen LogP contribution in [0.5, 0.6) is 0 Å². The zero-order valence-corrected chi connectivity index (χ0v) is 14.7. The van der Waals surface area contributed by atoms with E-state index in [9.17, 15) is 0 Å². The fourth-order valence-electron chi connectivity index (χ4n) is 4.53. The van der Waals surface area contributed by atoms with Gasteiger partial charge in [0.1, 0.15) is 0 Å². The lowest BCUT2D eigenvalue weighted by Gasteiger charge is -2.41. The molecule has 0 aliphatic heterocycles. The summed E-state index contributed by atoms with van der Waals surface area (Å²) in [5.74, 6) is 2.57. The first kappa shape index (κ1) is 15.7. The van der Waals surface area contributed by atoms with Gasteiger partial charge >= 0.3 is 0 Å². The SMILES string of the molecule is Cc1cc(C(Cl)C2CCC3CCCCC3C2)c(C)cc1Cl. The Hall–Kier alpha value is -0.200. The molecule has 116 valence electrons. The molecule has 0 nitrogen and oxygen atoms in total. The Bertz CT molecular complexity index is 509. The quantitative estimate of drug-likeness (QED) is 0.522. The van der Waals surface area contributed by atoms with E-state index in [1.165, 1.54) is 56.1 Å². The smallest absolute Gasteiger partial charge is 0.0616 e. The number of aryl methyl sites for hydroxylation is 2. The molecule has 2 fully saturated rings. The monoisotopic (exact) mass is 324 g/mol. The van der Waals surface area contributed by atoms with Crippen molar-refractivity contribution in [3.8, 4) is 0 Å². The number of hydrogen-bond acceptors (Lipinski definition) is 0. The molecule has 0 aromatic heterocycles. The zero-order valence-electron chi connectivity index (χ0n) is 13.2. The number of hydrogen-bond donors (Lipinski definition) is 0. The van der Waals surface area contributed by atoms with Gasteiger partial charge in [0.2, 0.25) is 0 Å². The van der Waals surface area contributed by atoms with E-state index < -0.39 is 0 Å². The second kappa shape index (κ2) is 6.50. The van der Waals surface area contributed by atoms with Crippen LogP contribution in [0.2, 0.25) is 5.02 Å². The first-order chi connectivity index (χ1) is 10.1. The molecule has 2 heteroatoms. The molecule has 1 aromatic rings. The van der Waals surface area contributed by atoms with Crippen molar-refractivity contribution >= 4 is 23.2 Å². The highest BCUT2D eigenvalue weighted by Gasteiger charge is 2.35.